The van der Waals surface area contributed by atoms with Gasteiger partial charge in [-0.15, -0.1) is 11.6 Å². The summed E-state index contributed by atoms with van der Waals surface area (Å²) in [5.74, 6) is -6.95. The number of allylic oxidation sites excluding steroid dienone is 1. The zero-order valence-corrected chi connectivity index (χ0v) is 8.35. The second-order valence-corrected chi connectivity index (χ2v) is 2.48. The van der Waals surface area contributed by atoms with Crippen molar-refractivity contribution in [3.63, 3.8) is 0 Å². The minimum Gasteiger partial charge on any atom is -0.205 e. The third-order valence-electron chi connectivity index (χ3n) is 0.810. The fourth-order valence-corrected chi connectivity index (χ4v) is 0.318. The topological polar surface area (TPSA) is 0 Å². The number of hydrogen-bond acceptors (Lipinski definition) is 0. The SMILES string of the molecule is FC(=CCl)C(F)F.FC(F)C(F)(F)CCl. The summed E-state index contributed by atoms with van der Waals surface area (Å²) < 4.78 is 77.8. The quantitative estimate of drug-likeness (QED) is 0.530. The number of hydrogen-bond donors (Lipinski definition) is 0. The van der Waals surface area contributed by atoms with Crippen molar-refractivity contribution in [2.75, 3.05) is 5.88 Å². The average molecular weight is 281 g/mol. The van der Waals surface area contributed by atoms with Crippen molar-refractivity contribution in [2.45, 2.75) is 18.8 Å². The van der Waals surface area contributed by atoms with Gasteiger partial charge in [-0.05, 0) is 0 Å². The Bertz CT molecular complexity index is 192. The third kappa shape index (κ3) is 8.80. The summed E-state index contributed by atoms with van der Waals surface area (Å²) in [5.41, 5.74) is 0.213. The Balaban J connectivity index is 0. The highest BCUT2D eigenvalue weighted by atomic mass is 35.5. The molecule has 15 heavy (non-hydrogen) atoms. The lowest BCUT2D eigenvalue weighted by Gasteiger charge is -2.09. The van der Waals surface area contributed by atoms with E-state index in [0.717, 1.165) is 0 Å². The first-order valence-electron chi connectivity index (χ1n) is 3.14. The van der Waals surface area contributed by atoms with Gasteiger partial charge in [-0.1, -0.05) is 11.6 Å². The van der Waals surface area contributed by atoms with Gasteiger partial charge >= 0.3 is 12.3 Å². The first-order chi connectivity index (χ1) is 6.68. The summed E-state index contributed by atoms with van der Waals surface area (Å²) in [4.78, 5) is 0. The summed E-state index contributed by atoms with van der Waals surface area (Å²) in [7, 11) is 0. The minimum atomic E-state index is -4.03. The normalized spacial score (nSPS) is 12.9. The summed E-state index contributed by atoms with van der Waals surface area (Å²) in [6.45, 7) is 0. The van der Waals surface area contributed by atoms with Gasteiger partial charge in [0.15, 0.2) is 5.83 Å². The monoisotopic (exact) mass is 280 g/mol. The van der Waals surface area contributed by atoms with E-state index in [-0.39, 0.29) is 5.54 Å². The minimum absolute atomic E-state index is 0.213. The smallest absolute Gasteiger partial charge is 0.205 e. The zero-order valence-electron chi connectivity index (χ0n) is 6.84. The number of rotatable bonds is 3. The van der Waals surface area contributed by atoms with Gasteiger partial charge in [0, 0.05) is 5.54 Å². The highest BCUT2D eigenvalue weighted by Gasteiger charge is 2.39. The second kappa shape index (κ2) is 8.04. The summed E-state index contributed by atoms with van der Waals surface area (Å²) in [6.07, 6.45) is -6.72. The van der Waals surface area contributed by atoms with Crippen molar-refractivity contribution in [3.05, 3.63) is 11.4 Å². The Morgan fingerprint density at radius 2 is 1.60 bits per heavy atom. The molecule has 0 spiro atoms. The summed E-state index contributed by atoms with van der Waals surface area (Å²) in [5, 5.41) is 0. The molecule has 0 rings (SSSR count). The van der Waals surface area contributed by atoms with E-state index in [1.165, 1.54) is 0 Å². The van der Waals surface area contributed by atoms with Crippen molar-refractivity contribution in [1.29, 1.82) is 0 Å². The Hall–Kier alpha value is -0.170. The van der Waals surface area contributed by atoms with Gasteiger partial charge in [-0.25, -0.2) is 22.0 Å². The van der Waals surface area contributed by atoms with Gasteiger partial charge in [0.25, 0.3) is 6.43 Å². The molecule has 0 aromatic carbocycles. The third-order valence-corrected chi connectivity index (χ3v) is 1.37. The van der Waals surface area contributed by atoms with Crippen LogP contribution in [0.4, 0.5) is 30.7 Å². The zero-order chi connectivity index (χ0) is 12.6. The van der Waals surface area contributed by atoms with Crippen LogP contribution in [0.1, 0.15) is 0 Å². The van der Waals surface area contributed by atoms with Crippen LogP contribution in [0, 0.1) is 0 Å². The Morgan fingerprint density at radius 1 is 1.20 bits per heavy atom. The average Bonchev–Trinajstić information content (AvgIpc) is 2.17. The maximum atomic E-state index is 11.4. The molecule has 0 nitrogen and oxygen atoms in total. The molecule has 0 fully saturated rings. The summed E-state index contributed by atoms with van der Waals surface area (Å²) >= 11 is 8.99. The standard InChI is InChI=1S/C3H3ClF4.C3H2ClF3/c4-1-3(7,8)2(5)6;4-1-2(5)3(6)7/h2H,1H2;1,3H. The second-order valence-electron chi connectivity index (χ2n) is 1.99. The van der Waals surface area contributed by atoms with Crippen LogP contribution in [0.5, 0.6) is 0 Å². The molecule has 0 aromatic heterocycles. The van der Waals surface area contributed by atoms with Crippen molar-refractivity contribution in [1.82, 2.24) is 0 Å². The highest BCUT2D eigenvalue weighted by molar-refractivity contribution is 6.25. The van der Waals surface area contributed by atoms with E-state index in [1.54, 1.807) is 0 Å². The fourth-order valence-electron chi connectivity index (χ4n) is 0.106. The molecule has 0 unspecified atom stereocenters. The van der Waals surface area contributed by atoms with Crippen LogP contribution in [0.25, 0.3) is 0 Å². The molecular weight excluding hydrogens is 276 g/mol. The van der Waals surface area contributed by atoms with E-state index >= 15 is 0 Å². The van der Waals surface area contributed by atoms with Crippen LogP contribution in [0.2, 0.25) is 0 Å². The lowest BCUT2D eigenvalue weighted by molar-refractivity contribution is -0.110. The van der Waals surface area contributed by atoms with E-state index in [2.05, 4.69) is 23.2 Å². The molecule has 9 heteroatoms. The molecule has 0 N–H and O–H groups in total. The van der Waals surface area contributed by atoms with Gasteiger partial charge < -0.3 is 0 Å². The molecule has 0 atom stereocenters. The van der Waals surface area contributed by atoms with E-state index in [4.69, 9.17) is 0 Å². The van der Waals surface area contributed by atoms with E-state index in [1.807, 2.05) is 0 Å². The molecule has 0 aliphatic rings. The molecule has 0 bridgehead atoms. The van der Waals surface area contributed by atoms with Crippen molar-refractivity contribution in [2.24, 2.45) is 0 Å². The van der Waals surface area contributed by atoms with Crippen LogP contribution >= 0.6 is 23.2 Å². The Kier molecular flexibility index (Phi) is 9.23. The Labute approximate surface area is 90.6 Å². The number of alkyl halides is 7. The fraction of sp³-hybridized carbons (Fsp3) is 0.667. The molecule has 0 saturated heterocycles. The van der Waals surface area contributed by atoms with Gasteiger partial charge in [-0.2, -0.15) is 8.78 Å². The van der Waals surface area contributed by atoms with Gasteiger partial charge in [0.05, 0.1) is 5.88 Å². The molecule has 92 valence electrons. The largest absolute Gasteiger partial charge is 0.320 e. The van der Waals surface area contributed by atoms with Crippen LogP contribution < -0.4 is 0 Å². The van der Waals surface area contributed by atoms with Gasteiger partial charge in [0.1, 0.15) is 0 Å². The maximum Gasteiger partial charge on any atom is 0.320 e. The molecule has 0 aliphatic heterocycles. The molecular formula is C6H5Cl2F7. The lowest BCUT2D eigenvalue weighted by atomic mass is 10.4. The van der Waals surface area contributed by atoms with Crippen molar-refractivity contribution in [3.8, 4) is 0 Å². The van der Waals surface area contributed by atoms with Crippen molar-refractivity contribution >= 4 is 23.2 Å². The molecule has 0 aromatic rings. The molecule has 0 heterocycles. The van der Waals surface area contributed by atoms with E-state index in [0.29, 0.717) is 0 Å². The first kappa shape index (κ1) is 17.2. The van der Waals surface area contributed by atoms with Crippen molar-refractivity contribution < 1.29 is 30.7 Å². The molecule has 0 radical (unpaired) electrons. The van der Waals surface area contributed by atoms with Gasteiger partial charge in [-0.3, -0.25) is 0 Å². The van der Waals surface area contributed by atoms with Crippen LogP contribution in [-0.4, -0.2) is 24.7 Å². The maximum absolute atomic E-state index is 11.4. The highest BCUT2D eigenvalue weighted by Crippen LogP contribution is 2.23. The van der Waals surface area contributed by atoms with Crippen LogP contribution in [-0.2, 0) is 0 Å². The molecule has 0 aliphatic carbocycles. The molecule has 0 saturated carbocycles. The van der Waals surface area contributed by atoms with Gasteiger partial charge in [0.2, 0.25) is 0 Å². The predicted molar refractivity (Wildman–Crippen MR) is 42.7 cm³/mol. The Morgan fingerprint density at radius 3 is 1.60 bits per heavy atom. The van der Waals surface area contributed by atoms with Crippen LogP contribution in [0.3, 0.4) is 0 Å². The van der Waals surface area contributed by atoms with E-state index < -0.39 is 30.5 Å². The number of halogens is 9. The van der Waals surface area contributed by atoms with Crippen LogP contribution in [0.15, 0.2) is 11.4 Å². The summed E-state index contributed by atoms with van der Waals surface area (Å²) in [6, 6.07) is 0. The predicted octanol–water partition coefficient (Wildman–Crippen LogP) is 4.43. The lowest BCUT2D eigenvalue weighted by Crippen LogP contribution is -2.27. The molecule has 0 amide bonds. The van der Waals surface area contributed by atoms with E-state index in [9.17, 15) is 30.7 Å². The first-order valence-corrected chi connectivity index (χ1v) is 4.12.